The van der Waals surface area contributed by atoms with Gasteiger partial charge in [-0.15, -0.1) is 0 Å². The number of carbonyl (C=O) groups excluding carboxylic acids is 1. The fraction of sp³-hybridized carbons (Fsp3) is 0.250. The van der Waals surface area contributed by atoms with E-state index in [4.69, 9.17) is 4.42 Å². The van der Waals surface area contributed by atoms with Crippen LogP contribution >= 0.6 is 0 Å². The Morgan fingerprint density at radius 1 is 1.35 bits per heavy atom. The molecule has 23 heavy (non-hydrogen) atoms. The summed E-state index contributed by atoms with van der Waals surface area (Å²) in [6.45, 7) is 2.07. The molecular formula is C16H16N4O3. The molecule has 1 amide bonds. The van der Waals surface area contributed by atoms with Gasteiger partial charge in [-0.05, 0) is 19.1 Å². The van der Waals surface area contributed by atoms with Crippen molar-refractivity contribution in [2.24, 2.45) is 7.05 Å². The Hall–Kier alpha value is -2.96. The monoisotopic (exact) mass is 312 g/mol. The van der Waals surface area contributed by atoms with E-state index in [1.807, 2.05) is 18.2 Å². The van der Waals surface area contributed by atoms with Gasteiger partial charge in [0.2, 0.25) is 5.71 Å². The van der Waals surface area contributed by atoms with Crippen molar-refractivity contribution in [1.82, 2.24) is 19.9 Å². The smallest absolute Gasteiger partial charge is 0.265 e. The lowest BCUT2D eigenvalue weighted by atomic mass is 10.1. The highest BCUT2D eigenvalue weighted by molar-refractivity contribution is 6.06. The second-order valence-electron chi connectivity index (χ2n) is 5.20. The molecule has 3 rings (SSSR count). The van der Waals surface area contributed by atoms with Crippen LogP contribution in [0.1, 0.15) is 21.8 Å². The first-order valence-electron chi connectivity index (χ1n) is 7.20. The van der Waals surface area contributed by atoms with Crippen LogP contribution in [-0.2, 0) is 13.5 Å². The number of furan rings is 1. The second-order valence-corrected chi connectivity index (χ2v) is 5.20. The molecule has 0 aliphatic rings. The maximum Gasteiger partial charge on any atom is 0.265 e. The van der Waals surface area contributed by atoms with Crippen molar-refractivity contribution < 1.29 is 9.21 Å². The quantitative estimate of drug-likeness (QED) is 0.782. The average Bonchev–Trinajstić information content (AvgIpc) is 2.89. The van der Waals surface area contributed by atoms with E-state index in [1.54, 1.807) is 20.2 Å². The minimum Gasteiger partial charge on any atom is -0.442 e. The number of hydrogen-bond donors (Lipinski definition) is 1. The van der Waals surface area contributed by atoms with E-state index in [0.717, 1.165) is 5.69 Å². The van der Waals surface area contributed by atoms with Crippen molar-refractivity contribution in [2.75, 3.05) is 6.54 Å². The number of amides is 1. The van der Waals surface area contributed by atoms with Gasteiger partial charge >= 0.3 is 0 Å². The summed E-state index contributed by atoms with van der Waals surface area (Å²) in [4.78, 5) is 32.9. The summed E-state index contributed by atoms with van der Waals surface area (Å²) in [6.07, 6.45) is 3.69. The van der Waals surface area contributed by atoms with Gasteiger partial charge in [0, 0.05) is 31.9 Å². The largest absolute Gasteiger partial charge is 0.442 e. The van der Waals surface area contributed by atoms with Crippen LogP contribution < -0.4 is 10.9 Å². The van der Waals surface area contributed by atoms with Gasteiger partial charge in [-0.1, -0.05) is 6.07 Å². The topological polar surface area (TPSA) is 90.0 Å². The van der Waals surface area contributed by atoms with Crippen LogP contribution in [0.15, 0.2) is 39.9 Å². The lowest BCUT2D eigenvalue weighted by Crippen LogP contribution is -2.28. The molecule has 0 fully saturated rings. The zero-order chi connectivity index (χ0) is 16.4. The molecule has 0 aromatic carbocycles. The van der Waals surface area contributed by atoms with Crippen LogP contribution in [0.5, 0.6) is 0 Å². The SMILES string of the molecule is Cc1oc2ncn(C)c(=O)c2c1C(=O)NCCc1ccccn1. The zero-order valence-corrected chi connectivity index (χ0v) is 12.9. The Balaban J connectivity index is 1.82. The fourth-order valence-electron chi connectivity index (χ4n) is 2.40. The molecule has 7 nitrogen and oxygen atoms in total. The van der Waals surface area contributed by atoms with Crippen LogP contribution in [0.4, 0.5) is 0 Å². The fourth-order valence-corrected chi connectivity index (χ4v) is 2.40. The molecule has 0 spiro atoms. The number of rotatable bonds is 4. The molecule has 0 saturated carbocycles. The minimum atomic E-state index is -0.345. The second kappa shape index (κ2) is 6.04. The third-order valence-corrected chi connectivity index (χ3v) is 3.57. The number of pyridine rings is 1. The van der Waals surface area contributed by atoms with Crippen LogP contribution in [0.3, 0.4) is 0 Å². The first-order chi connectivity index (χ1) is 11.1. The van der Waals surface area contributed by atoms with Crippen molar-refractivity contribution >= 4 is 17.0 Å². The van der Waals surface area contributed by atoms with Crippen molar-refractivity contribution in [1.29, 1.82) is 0 Å². The predicted octanol–water partition coefficient (Wildman–Crippen LogP) is 1.20. The van der Waals surface area contributed by atoms with Crippen LogP contribution in [0.2, 0.25) is 0 Å². The first kappa shape index (κ1) is 15.0. The normalized spacial score (nSPS) is 10.9. The molecular weight excluding hydrogens is 296 g/mol. The number of carbonyl (C=O) groups is 1. The van der Waals surface area contributed by atoms with Gasteiger partial charge in [0.05, 0.1) is 5.56 Å². The molecule has 7 heteroatoms. The van der Waals surface area contributed by atoms with Crippen LogP contribution in [0, 0.1) is 6.92 Å². The minimum absolute atomic E-state index is 0.181. The number of fused-ring (bicyclic) bond motifs is 1. The highest BCUT2D eigenvalue weighted by atomic mass is 16.3. The average molecular weight is 312 g/mol. The van der Waals surface area contributed by atoms with E-state index in [0.29, 0.717) is 18.7 Å². The number of nitrogens with one attached hydrogen (secondary N) is 1. The summed E-state index contributed by atoms with van der Waals surface area (Å²) in [5, 5.41) is 3.01. The third-order valence-electron chi connectivity index (χ3n) is 3.57. The molecule has 0 saturated heterocycles. The van der Waals surface area contributed by atoms with Crippen molar-refractivity contribution in [3.8, 4) is 0 Å². The van der Waals surface area contributed by atoms with E-state index in [2.05, 4.69) is 15.3 Å². The summed E-state index contributed by atoms with van der Waals surface area (Å²) < 4.78 is 6.74. The van der Waals surface area contributed by atoms with Crippen LogP contribution in [-0.4, -0.2) is 27.0 Å². The van der Waals surface area contributed by atoms with Crippen molar-refractivity contribution in [3.05, 3.63) is 58.1 Å². The Morgan fingerprint density at radius 3 is 2.91 bits per heavy atom. The highest BCUT2D eigenvalue weighted by Gasteiger charge is 2.22. The molecule has 0 radical (unpaired) electrons. The van der Waals surface area contributed by atoms with Crippen LogP contribution in [0.25, 0.3) is 11.1 Å². The van der Waals surface area contributed by atoms with Gasteiger partial charge in [-0.3, -0.25) is 14.6 Å². The van der Waals surface area contributed by atoms with E-state index >= 15 is 0 Å². The van der Waals surface area contributed by atoms with Gasteiger partial charge in [-0.25, -0.2) is 4.98 Å². The molecule has 0 bridgehead atoms. The number of hydrogen-bond acceptors (Lipinski definition) is 5. The molecule has 3 heterocycles. The standard InChI is InChI=1S/C16H16N4O3/c1-10-12(13-15(23-10)19-9-20(2)16(13)22)14(21)18-8-6-11-5-3-4-7-17-11/h3-5,7,9H,6,8H2,1-2H3,(H,18,21). The Bertz CT molecular complexity index is 912. The summed E-state index contributed by atoms with van der Waals surface area (Å²) >= 11 is 0. The number of aromatic nitrogens is 3. The lowest BCUT2D eigenvalue weighted by molar-refractivity contribution is 0.0954. The van der Waals surface area contributed by atoms with E-state index in [1.165, 1.54) is 10.9 Å². The summed E-state index contributed by atoms with van der Waals surface area (Å²) in [5.41, 5.74) is 1.01. The molecule has 0 aliphatic carbocycles. The Kier molecular flexibility index (Phi) is 3.92. The summed E-state index contributed by atoms with van der Waals surface area (Å²) in [6, 6.07) is 5.63. The van der Waals surface area contributed by atoms with E-state index < -0.39 is 0 Å². The van der Waals surface area contributed by atoms with Gasteiger partial charge in [0.25, 0.3) is 11.5 Å². The maximum absolute atomic E-state index is 12.4. The van der Waals surface area contributed by atoms with Gasteiger partial charge < -0.3 is 14.3 Å². The van der Waals surface area contributed by atoms with E-state index in [9.17, 15) is 9.59 Å². The lowest BCUT2D eigenvalue weighted by Gasteiger charge is -2.04. The maximum atomic E-state index is 12.4. The van der Waals surface area contributed by atoms with Crippen molar-refractivity contribution in [3.63, 3.8) is 0 Å². The highest BCUT2D eigenvalue weighted by Crippen LogP contribution is 2.20. The van der Waals surface area contributed by atoms with Gasteiger partial charge in [0.1, 0.15) is 17.5 Å². The molecule has 118 valence electrons. The van der Waals surface area contributed by atoms with Crippen molar-refractivity contribution in [2.45, 2.75) is 13.3 Å². The summed E-state index contributed by atoms with van der Waals surface area (Å²) in [7, 11) is 1.58. The molecule has 0 aliphatic heterocycles. The third kappa shape index (κ3) is 2.85. The van der Waals surface area contributed by atoms with E-state index in [-0.39, 0.29) is 28.1 Å². The van der Waals surface area contributed by atoms with Gasteiger partial charge in [0.15, 0.2) is 0 Å². The molecule has 3 aromatic rings. The van der Waals surface area contributed by atoms with Gasteiger partial charge in [-0.2, -0.15) is 0 Å². The molecule has 0 unspecified atom stereocenters. The number of nitrogens with zero attached hydrogens (tertiary/aromatic N) is 3. The number of aryl methyl sites for hydroxylation is 2. The first-order valence-corrected chi connectivity index (χ1v) is 7.20. The molecule has 1 N–H and O–H groups in total. The molecule has 0 atom stereocenters. The Morgan fingerprint density at radius 2 is 2.17 bits per heavy atom. The summed E-state index contributed by atoms with van der Waals surface area (Å²) in [5.74, 6) is 0.0356. The zero-order valence-electron chi connectivity index (χ0n) is 12.9. The Labute approximate surface area is 132 Å². The molecule has 3 aromatic heterocycles. The predicted molar refractivity (Wildman–Crippen MR) is 84.3 cm³/mol.